The fraction of sp³-hybridized carbons (Fsp3) is 0.297. The van der Waals surface area contributed by atoms with E-state index in [1.54, 1.807) is 0 Å². The Balaban J connectivity index is 1.24. The van der Waals surface area contributed by atoms with Crippen molar-refractivity contribution in [3.05, 3.63) is 144 Å². The topological polar surface area (TPSA) is 82.2 Å². The number of ether oxygens (including phenoxy) is 5. The first-order chi connectivity index (χ1) is 21.8. The number of aromatic amines is 1. The number of para-hydroxylation sites is 1. The van der Waals surface area contributed by atoms with Crippen LogP contribution in [0.15, 0.2) is 121 Å². The van der Waals surface area contributed by atoms with Crippen molar-refractivity contribution in [1.82, 2.24) is 4.98 Å². The zero-order chi connectivity index (χ0) is 30.0. The third kappa shape index (κ3) is 7.63. The summed E-state index contributed by atoms with van der Waals surface area (Å²) in [6.07, 6.45) is -0.542. The average Bonchev–Trinajstić information content (AvgIpc) is 3.50. The fourth-order valence-electron chi connectivity index (χ4n) is 5.65. The Morgan fingerprint density at radius 3 is 1.70 bits per heavy atom. The molecule has 0 aliphatic carbocycles. The van der Waals surface area contributed by atoms with Gasteiger partial charge >= 0.3 is 0 Å². The molecule has 0 spiro atoms. The molecule has 1 saturated heterocycles. The summed E-state index contributed by atoms with van der Waals surface area (Å²) >= 11 is 0. The number of nitrogens with one attached hydrogen (secondary N) is 1. The van der Waals surface area contributed by atoms with Crippen molar-refractivity contribution < 1.29 is 28.8 Å². The summed E-state index contributed by atoms with van der Waals surface area (Å²) in [6.45, 7) is 1.18. The highest BCUT2D eigenvalue weighted by atomic mass is 16.7. The van der Waals surface area contributed by atoms with E-state index >= 15 is 0 Å². The minimum atomic E-state index is -0.779. The molecule has 0 amide bonds. The van der Waals surface area contributed by atoms with Gasteiger partial charge in [-0.2, -0.15) is 0 Å². The lowest BCUT2D eigenvalue weighted by molar-refractivity contribution is -0.326. The molecule has 5 atom stereocenters. The normalized spacial score (nSPS) is 21.9. The number of hydrogen-bond donors (Lipinski definition) is 2. The van der Waals surface area contributed by atoms with Gasteiger partial charge in [-0.1, -0.05) is 109 Å². The van der Waals surface area contributed by atoms with E-state index in [0.717, 1.165) is 27.8 Å². The minimum Gasteiger partial charge on any atom is -0.394 e. The van der Waals surface area contributed by atoms with E-state index < -0.39 is 30.7 Å². The summed E-state index contributed by atoms with van der Waals surface area (Å²) in [5, 5.41) is 11.7. The molecular formula is C37H39NO6. The van der Waals surface area contributed by atoms with E-state index in [9.17, 15) is 5.11 Å². The molecule has 0 saturated carbocycles. The number of benzene rings is 4. The molecule has 2 N–H and O–H groups in total. The van der Waals surface area contributed by atoms with E-state index in [-0.39, 0.29) is 6.61 Å². The van der Waals surface area contributed by atoms with Gasteiger partial charge in [-0.05, 0) is 34.7 Å². The highest BCUT2D eigenvalue weighted by Gasteiger charge is 2.48. The minimum absolute atomic E-state index is 0.252. The molecular weight excluding hydrogens is 554 g/mol. The van der Waals surface area contributed by atoms with Crippen molar-refractivity contribution in [3.8, 4) is 0 Å². The van der Waals surface area contributed by atoms with Gasteiger partial charge in [0.05, 0.1) is 33.0 Å². The molecule has 7 nitrogen and oxygen atoms in total. The Hall–Kier alpha value is -3.82. The molecule has 0 radical (unpaired) electrons. The maximum Gasteiger partial charge on any atom is 0.186 e. The first-order valence-electron chi connectivity index (χ1n) is 15.2. The fourth-order valence-corrected chi connectivity index (χ4v) is 5.65. The monoisotopic (exact) mass is 593 g/mol. The van der Waals surface area contributed by atoms with E-state index in [1.807, 2.05) is 109 Å². The van der Waals surface area contributed by atoms with Gasteiger partial charge in [0.2, 0.25) is 0 Å². The van der Waals surface area contributed by atoms with E-state index in [4.69, 9.17) is 23.7 Å². The van der Waals surface area contributed by atoms with Crippen LogP contribution in [-0.4, -0.2) is 54.0 Å². The predicted molar refractivity (Wildman–Crippen MR) is 169 cm³/mol. The highest BCUT2D eigenvalue weighted by Crippen LogP contribution is 2.31. The second kappa shape index (κ2) is 15.3. The summed E-state index contributed by atoms with van der Waals surface area (Å²) < 4.78 is 32.5. The molecule has 1 aliphatic heterocycles. The molecule has 1 fully saturated rings. The number of aromatic nitrogens is 1. The Labute approximate surface area is 258 Å². The van der Waals surface area contributed by atoms with Gasteiger partial charge in [0.15, 0.2) is 6.29 Å². The number of hydrogen-bond acceptors (Lipinski definition) is 6. The lowest BCUT2D eigenvalue weighted by Crippen LogP contribution is -2.61. The van der Waals surface area contributed by atoms with Crippen molar-refractivity contribution in [2.45, 2.75) is 56.9 Å². The molecule has 2 heterocycles. The van der Waals surface area contributed by atoms with Crippen molar-refractivity contribution in [2.75, 3.05) is 13.2 Å². The summed E-state index contributed by atoms with van der Waals surface area (Å²) in [7, 11) is 0. The SMILES string of the molecule is OC[C@H]1O[C@@H](OCCc2c[nH]c3ccccc23)[C@H](OCc2ccccc2)[C@@H](OCc2ccccc2)[C@@H]1OCc1ccccc1. The number of fused-ring (bicyclic) bond motifs is 1. The number of aliphatic hydroxyl groups is 1. The summed E-state index contributed by atoms with van der Waals surface area (Å²) in [5.74, 6) is 0. The molecule has 228 valence electrons. The first kappa shape index (κ1) is 30.2. The van der Waals surface area contributed by atoms with Gasteiger partial charge in [-0.15, -0.1) is 0 Å². The Morgan fingerprint density at radius 2 is 1.11 bits per heavy atom. The third-order valence-corrected chi connectivity index (χ3v) is 7.96. The highest BCUT2D eigenvalue weighted by molar-refractivity contribution is 5.83. The molecule has 1 aromatic heterocycles. The van der Waals surface area contributed by atoms with Crippen molar-refractivity contribution in [3.63, 3.8) is 0 Å². The van der Waals surface area contributed by atoms with Crippen LogP contribution in [0.25, 0.3) is 10.9 Å². The maximum atomic E-state index is 10.5. The van der Waals surface area contributed by atoms with E-state index in [1.165, 1.54) is 5.39 Å². The standard InChI is InChI=1S/C37H39NO6/c39-23-33-34(41-24-27-12-4-1-5-13-27)35(42-25-28-14-6-2-7-15-28)36(43-26-29-16-8-3-9-17-29)37(44-33)40-21-20-30-22-38-32-19-11-10-18-31(30)32/h1-19,22,33-39H,20-21,23-26H2/t33-,34-,35+,36-,37-/m1/s1. The van der Waals surface area contributed by atoms with Crippen LogP contribution in [-0.2, 0) is 49.9 Å². The van der Waals surface area contributed by atoms with Crippen molar-refractivity contribution in [2.24, 2.45) is 0 Å². The molecule has 7 heteroatoms. The zero-order valence-corrected chi connectivity index (χ0v) is 24.7. The van der Waals surface area contributed by atoms with Crippen LogP contribution in [0.2, 0.25) is 0 Å². The van der Waals surface area contributed by atoms with Crippen molar-refractivity contribution in [1.29, 1.82) is 0 Å². The van der Waals surface area contributed by atoms with Gasteiger partial charge in [-0.25, -0.2) is 0 Å². The molecule has 5 aromatic rings. The predicted octanol–water partition coefficient (Wildman–Crippen LogP) is 6.20. The van der Waals surface area contributed by atoms with E-state index in [0.29, 0.717) is 32.8 Å². The average molecular weight is 594 g/mol. The third-order valence-electron chi connectivity index (χ3n) is 7.96. The second-order valence-corrected chi connectivity index (χ2v) is 11.0. The summed E-state index contributed by atoms with van der Waals surface area (Å²) in [6, 6.07) is 38.2. The van der Waals surface area contributed by atoms with Crippen LogP contribution >= 0.6 is 0 Å². The first-order valence-corrected chi connectivity index (χ1v) is 15.2. The molecule has 0 unspecified atom stereocenters. The van der Waals surface area contributed by atoms with Gasteiger partial charge in [0, 0.05) is 17.1 Å². The lowest BCUT2D eigenvalue weighted by Gasteiger charge is -2.45. The summed E-state index contributed by atoms with van der Waals surface area (Å²) in [5.41, 5.74) is 5.33. The Morgan fingerprint density at radius 1 is 0.591 bits per heavy atom. The van der Waals surface area contributed by atoms with Crippen LogP contribution in [0, 0.1) is 0 Å². The molecule has 6 rings (SSSR count). The quantitative estimate of drug-likeness (QED) is 0.160. The molecule has 1 aliphatic rings. The number of aliphatic hydroxyl groups excluding tert-OH is 1. The van der Waals surface area contributed by atoms with Gasteiger partial charge in [0.1, 0.15) is 24.4 Å². The molecule has 44 heavy (non-hydrogen) atoms. The maximum absolute atomic E-state index is 10.5. The van der Waals surface area contributed by atoms with E-state index in [2.05, 4.69) is 17.1 Å². The summed E-state index contributed by atoms with van der Waals surface area (Å²) in [4.78, 5) is 3.33. The second-order valence-electron chi connectivity index (χ2n) is 11.0. The van der Waals surface area contributed by atoms with Gasteiger partial charge in [-0.3, -0.25) is 0 Å². The number of rotatable bonds is 14. The van der Waals surface area contributed by atoms with Gasteiger partial charge < -0.3 is 33.8 Å². The van der Waals surface area contributed by atoms with Gasteiger partial charge in [0.25, 0.3) is 0 Å². The Bertz CT molecular complexity index is 1540. The zero-order valence-electron chi connectivity index (χ0n) is 24.7. The van der Waals surface area contributed by atoms with Crippen LogP contribution < -0.4 is 0 Å². The molecule has 4 aromatic carbocycles. The van der Waals surface area contributed by atoms with Crippen molar-refractivity contribution >= 4 is 10.9 Å². The Kier molecular flexibility index (Phi) is 10.5. The van der Waals surface area contributed by atoms with Crippen LogP contribution in [0.5, 0.6) is 0 Å². The smallest absolute Gasteiger partial charge is 0.186 e. The van der Waals surface area contributed by atoms with Crippen LogP contribution in [0.3, 0.4) is 0 Å². The number of H-pyrrole nitrogens is 1. The lowest BCUT2D eigenvalue weighted by atomic mass is 9.97. The largest absolute Gasteiger partial charge is 0.394 e. The molecule has 0 bridgehead atoms. The van der Waals surface area contributed by atoms with Crippen LogP contribution in [0.1, 0.15) is 22.3 Å². The van der Waals surface area contributed by atoms with Crippen LogP contribution in [0.4, 0.5) is 0 Å².